The first-order valence-corrected chi connectivity index (χ1v) is 13.6. The third-order valence-electron chi connectivity index (χ3n) is 7.91. The van der Waals surface area contributed by atoms with Crippen LogP contribution >= 0.6 is 0 Å². The molecule has 40 heavy (non-hydrogen) atoms. The van der Waals surface area contributed by atoms with E-state index < -0.39 is 0 Å². The highest BCUT2D eigenvalue weighted by Crippen LogP contribution is 2.37. The predicted octanol–water partition coefficient (Wildman–Crippen LogP) is 8.52. The predicted molar refractivity (Wildman–Crippen MR) is 163 cm³/mol. The van der Waals surface area contributed by atoms with Crippen LogP contribution < -0.4 is 4.57 Å². The van der Waals surface area contributed by atoms with Crippen molar-refractivity contribution in [2.45, 2.75) is 20.8 Å². The molecule has 0 spiro atoms. The van der Waals surface area contributed by atoms with E-state index in [1.54, 1.807) is 0 Å². The van der Waals surface area contributed by atoms with Crippen molar-refractivity contribution >= 4 is 22.1 Å². The minimum absolute atomic E-state index is 0.668. The van der Waals surface area contributed by atoms with Gasteiger partial charge in [-0.05, 0) is 73.4 Å². The van der Waals surface area contributed by atoms with E-state index in [-0.39, 0.29) is 0 Å². The third kappa shape index (κ3) is 3.76. The van der Waals surface area contributed by atoms with E-state index in [2.05, 4.69) is 146 Å². The number of aryl methyl sites for hydroxylation is 4. The number of para-hydroxylation sites is 3. The average Bonchev–Trinajstić information content (AvgIpc) is 3.50. The van der Waals surface area contributed by atoms with Gasteiger partial charge >= 0.3 is 0 Å². The molecular formula is C36H30N3O+. The number of fused-ring (bicyclic) bond motifs is 2. The van der Waals surface area contributed by atoms with E-state index in [1.807, 2.05) is 0 Å². The minimum Gasteiger partial charge on any atom is -0.436 e. The van der Waals surface area contributed by atoms with Gasteiger partial charge in [0, 0.05) is 11.1 Å². The molecule has 0 amide bonds. The molecule has 0 atom stereocenters. The Kier molecular flexibility index (Phi) is 5.64. The van der Waals surface area contributed by atoms with Crippen LogP contribution in [-0.4, -0.2) is 9.55 Å². The lowest BCUT2D eigenvalue weighted by atomic mass is 10.0. The SMILES string of the molecule is Cc1cc2nc(-c3c(C)cccc3C)oc2cc1-c1n(-c2ccccc2-c2ccccc2)c2ccccc2[n+]1C. The number of imidazole rings is 1. The van der Waals surface area contributed by atoms with Gasteiger partial charge in [-0.3, -0.25) is 0 Å². The van der Waals surface area contributed by atoms with Crippen molar-refractivity contribution in [3.63, 3.8) is 0 Å². The lowest BCUT2D eigenvalue weighted by molar-refractivity contribution is -0.633. The lowest BCUT2D eigenvalue weighted by Gasteiger charge is -2.11. The van der Waals surface area contributed by atoms with Crippen LogP contribution in [0.1, 0.15) is 16.7 Å². The smallest absolute Gasteiger partial charge is 0.295 e. The summed E-state index contributed by atoms with van der Waals surface area (Å²) in [4.78, 5) is 4.92. The summed E-state index contributed by atoms with van der Waals surface area (Å²) in [5, 5.41) is 0. The van der Waals surface area contributed by atoms with Gasteiger partial charge in [0.15, 0.2) is 16.6 Å². The van der Waals surface area contributed by atoms with Crippen LogP contribution in [0.15, 0.2) is 114 Å². The number of nitrogens with zero attached hydrogens (tertiary/aromatic N) is 3. The molecule has 0 aliphatic carbocycles. The van der Waals surface area contributed by atoms with Gasteiger partial charge in [-0.1, -0.05) is 78.9 Å². The second kappa shape index (κ2) is 9.35. The molecule has 0 unspecified atom stereocenters. The number of hydrogen-bond acceptors (Lipinski definition) is 2. The standard InChI is InChI=1S/C36H30N3O/c1-23-13-12-14-24(2)34(23)35-37-29-21-25(3)28(22-33(29)40-35)36-38(4)31-19-10-11-20-32(31)39(36)30-18-9-8-17-27(30)26-15-6-5-7-16-26/h5-22H,1-4H3/q+1. The van der Waals surface area contributed by atoms with Gasteiger partial charge in [0.1, 0.15) is 11.2 Å². The molecule has 0 saturated carbocycles. The monoisotopic (exact) mass is 520 g/mol. The molecule has 0 aliphatic heterocycles. The number of oxazole rings is 1. The van der Waals surface area contributed by atoms with E-state index in [0.717, 1.165) is 61.5 Å². The van der Waals surface area contributed by atoms with Gasteiger partial charge in [0.05, 0.1) is 12.6 Å². The Morgan fingerprint density at radius 1 is 0.675 bits per heavy atom. The Hall–Kier alpha value is -4.96. The Morgan fingerprint density at radius 3 is 2.17 bits per heavy atom. The molecule has 2 aromatic heterocycles. The maximum Gasteiger partial charge on any atom is 0.295 e. The fraction of sp³-hybridized carbons (Fsp3) is 0.111. The van der Waals surface area contributed by atoms with Crippen molar-refractivity contribution in [1.29, 1.82) is 0 Å². The van der Waals surface area contributed by atoms with Crippen LogP contribution in [-0.2, 0) is 7.05 Å². The fourth-order valence-corrected chi connectivity index (χ4v) is 5.97. The summed E-state index contributed by atoms with van der Waals surface area (Å²) in [5.74, 6) is 1.76. The highest BCUT2D eigenvalue weighted by atomic mass is 16.3. The normalized spacial score (nSPS) is 11.5. The summed E-state index contributed by atoms with van der Waals surface area (Å²) >= 11 is 0. The van der Waals surface area contributed by atoms with Crippen molar-refractivity contribution in [3.05, 3.63) is 126 Å². The van der Waals surface area contributed by atoms with Crippen LogP contribution in [0.4, 0.5) is 0 Å². The van der Waals surface area contributed by atoms with E-state index >= 15 is 0 Å². The molecule has 0 N–H and O–H groups in total. The number of hydrogen-bond donors (Lipinski definition) is 0. The van der Waals surface area contributed by atoms with Crippen LogP contribution in [0.2, 0.25) is 0 Å². The molecule has 194 valence electrons. The second-order valence-corrected chi connectivity index (χ2v) is 10.5. The molecule has 2 heterocycles. The van der Waals surface area contributed by atoms with Gasteiger partial charge in [0.25, 0.3) is 5.82 Å². The molecule has 4 nitrogen and oxygen atoms in total. The van der Waals surface area contributed by atoms with Gasteiger partial charge < -0.3 is 4.42 Å². The number of benzene rings is 5. The zero-order valence-corrected chi connectivity index (χ0v) is 23.1. The Labute approximate surface area is 233 Å². The van der Waals surface area contributed by atoms with Gasteiger partial charge in [-0.2, -0.15) is 4.57 Å². The Bertz CT molecular complexity index is 2030. The molecule has 7 aromatic rings. The van der Waals surface area contributed by atoms with E-state index in [1.165, 1.54) is 11.1 Å². The van der Waals surface area contributed by atoms with Crippen LogP contribution in [0.5, 0.6) is 0 Å². The van der Waals surface area contributed by atoms with Crippen LogP contribution in [0.3, 0.4) is 0 Å². The fourth-order valence-electron chi connectivity index (χ4n) is 5.97. The first kappa shape index (κ1) is 24.1. The highest BCUT2D eigenvalue weighted by molar-refractivity contribution is 5.87. The van der Waals surface area contributed by atoms with E-state index in [0.29, 0.717) is 5.89 Å². The minimum atomic E-state index is 0.668. The molecule has 4 heteroatoms. The van der Waals surface area contributed by atoms with Crippen molar-refractivity contribution in [3.8, 4) is 39.7 Å². The number of aromatic nitrogens is 3. The van der Waals surface area contributed by atoms with Crippen molar-refractivity contribution in [2.24, 2.45) is 7.05 Å². The molecule has 0 saturated heterocycles. The van der Waals surface area contributed by atoms with E-state index in [4.69, 9.17) is 9.40 Å². The lowest BCUT2D eigenvalue weighted by Crippen LogP contribution is -2.30. The second-order valence-electron chi connectivity index (χ2n) is 10.5. The summed E-state index contributed by atoms with van der Waals surface area (Å²) in [6, 6.07) is 38.4. The summed E-state index contributed by atoms with van der Waals surface area (Å²) in [6.07, 6.45) is 0. The topological polar surface area (TPSA) is 34.8 Å². The van der Waals surface area contributed by atoms with E-state index in [9.17, 15) is 0 Å². The molecule has 0 aliphatic rings. The molecular weight excluding hydrogens is 490 g/mol. The first-order chi connectivity index (χ1) is 19.5. The molecule has 0 radical (unpaired) electrons. The van der Waals surface area contributed by atoms with Crippen LogP contribution in [0.25, 0.3) is 61.8 Å². The van der Waals surface area contributed by atoms with Gasteiger partial charge in [-0.25, -0.2) is 9.55 Å². The zero-order chi connectivity index (χ0) is 27.4. The van der Waals surface area contributed by atoms with Crippen molar-refractivity contribution in [2.75, 3.05) is 0 Å². The molecule has 0 fully saturated rings. The summed E-state index contributed by atoms with van der Waals surface area (Å²) < 4.78 is 11.1. The molecule has 0 bridgehead atoms. The first-order valence-electron chi connectivity index (χ1n) is 13.6. The zero-order valence-electron chi connectivity index (χ0n) is 23.1. The largest absolute Gasteiger partial charge is 0.436 e. The Balaban J connectivity index is 1.51. The maximum atomic E-state index is 6.46. The van der Waals surface area contributed by atoms with Crippen molar-refractivity contribution in [1.82, 2.24) is 9.55 Å². The summed E-state index contributed by atoms with van der Waals surface area (Å²) in [7, 11) is 2.14. The van der Waals surface area contributed by atoms with Crippen LogP contribution in [0, 0.1) is 20.8 Å². The maximum absolute atomic E-state index is 6.46. The van der Waals surface area contributed by atoms with Crippen molar-refractivity contribution < 1.29 is 8.98 Å². The highest BCUT2D eigenvalue weighted by Gasteiger charge is 2.29. The Morgan fingerprint density at radius 2 is 1.38 bits per heavy atom. The molecule has 7 rings (SSSR count). The summed E-state index contributed by atoms with van der Waals surface area (Å²) in [6.45, 7) is 6.38. The molecule has 5 aromatic carbocycles. The van der Waals surface area contributed by atoms with Gasteiger partial charge in [-0.15, -0.1) is 0 Å². The quantitative estimate of drug-likeness (QED) is 0.218. The summed E-state index contributed by atoms with van der Waals surface area (Å²) in [5.41, 5.74) is 13.1. The third-order valence-corrected chi connectivity index (χ3v) is 7.91. The van der Waals surface area contributed by atoms with Gasteiger partial charge in [0.2, 0.25) is 5.89 Å². The average molecular weight is 521 g/mol. The number of rotatable bonds is 4.